The molecule has 0 fully saturated rings. The summed E-state index contributed by atoms with van der Waals surface area (Å²) in [5.74, 6) is 0. The SMILES string of the molecule is CC(C)(C)c1ccc2c(c1)c1cc(C(C)(C)C)ccc1n2-c1ccc2c(c1)N(c1ccc3oc4ccccc4c3c1)c1cc(C#N)cc3c1B2c1cccc2c1N3c1cccc3c4ccccc4n-2c13. The summed E-state index contributed by atoms with van der Waals surface area (Å²) in [6, 6.07) is 65.3. The standard InChI is InChI=1S/C63H46BN5O/c1-62(2,3)37-21-26-50-44(31-37)45-32-38(63(4,5)6)22-27-51(45)66(50)40-23-25-47-54(34-40)67(39-24-28-58-46(33-39)42-14-8-10-20-57(42)70-58)55-29-36(35-65)30-56-59(55)64(47)48-16-12-19-53-61(48)69(56)52-18-11-15-43-41-13-7-9-17-49(41)68(53)60(43)52/h7-34H,1-6H3. The third kappa shape index (κ3) is 5.12. The molecule has 6 heterocycles. The maximum atomic E-state index is 11.1. The minimum absolute atomic E-state index is 0.0127. The molecule has 3 aliphatic rings. The lowest BCUT2D eigenvalue weighted by atomic mass is 9.33. The molecule has 0 saturated heterocycles. The topological polar surface area (TPSA) is 53.3 Å². The fourth-order valence-corrected chi connectivity index (χ4v) is 12.4. The summed E-state index contributed by atoms with van der Waals surface area (Å²) in [6.45, 7) is 13.6. The van der Waals surface area contributed by atoms with Crippen molar-refractivity contribution in [1.29, 1.82) is 5.26 Å². The minimum Gasteiger partial charge on any atom is -0.456 e. The second-order valence-electron chi connectivity index (χ2n) is 21.7. The second kappa shape index (κ2) is 13.4. The van der Waals surface area contributed by atoms with Crippen LogP contribution in [0.4, 0.5) is 34.1 Å². The van der Waals surface area contributed by atoms with E-state index in [1.165, 1.54) is 71.1 Å². The predicted octanol–water partition coefficient (Wildman–Crippen LogP) is 14.6. The van der Waals surface area contributed by atoms with Gasteiger partial charge in [0, 0.05) is 60.8 Å². The van der Waals surface area contributed by atoms with Crippen molar-refractivity contribution in [2.75, 3.05) is 9.80 Å². The summed E-state index contributed by atoms with van der Waals surface area (Å²) in [5, 5.41) is 18.1. The van der Waals surface area contributed by atoms with Crippen LogP contribution in [0.1, 0.15) is 58.2 Å². The quantitative estimate of drug-likeness (QED) is 0.162. The molecule has 0 aliphatic carbocycles. The Balaban J connectivity index is 1.05. The van der Waals surface area contributed by atoms with E-state index in [-0.39, 0.29) is 17.5 Å². The molecule has 332 valence electrons. The average Bonchev–Trinajstić information content (AvgIpc) is 4.02. The fraction of sp³-hybridized carbons (Fsp3) is 0.127. The highest BCUT2D eigenvalue weighted by molar-refractivity contribution is 7.00. The fourth-order valence-electron chi connectivity index (χ4n) is 12.4. The molecule has 3 aliphatic heterocycles. The van der Waals surface area contributed by atoms with Gasteiger partial charge in [0.15, 0.2) is 0 Å². The molecule has 0 bridgehead atoms. The number of aromatic nitrogens is 2. The molecule has 9 aromatic carbocycles. The first-order valence-electron chi connectivity index (χ1n) is 24.4. The van der Waals surface area contributed by atoms with E-state index in [1.807, 2.05) is 12.1 Å². The highest BCUT2D eigenvalue weighted by Crippen LogP contribution is 2.53. The first-order valence-corrected chi connectivity index (χ1v) is 24.4. The number of anilines is 6. The van der Waals surface area contributed by atoms with Crippen LogP contribution < -0.4 is 26.2 Å². The third-order valence-corrected chi connectivity index (χ3v) is 15.7. The van der Waals surface area contributed by atoms with Gasteiger partial charge >= 0.3 is 0 Å². The predicted molar refractivity (Wildman–Crippen MR) is 292 cm³/mol. The first-order chi connectivity index (χ1) is 33.9. The molecule has 3 aromatic heterocycles. The molecule has 0 N–H and O–H groups in total. The smallest absolute Gasteiger partial charge is 0.252 e. The van der Waals surface area contributed by atoms with E-state index < -0.39 is 0 Å². The Labute approximate surface area is 405 Å². The van der Waals surface area contributed by atoms with Gasteiger partial charge in [-0.25, -0.2) is 0 Å². The molecular formula is C63H46BN5O. The number of fused-ring (bicyclic) bond motifs is 15. The molecule has 6 nitrogen and oxygen atoms in total. The monoisotopic (exact) mass is 899 g/mol. The van der Waals surface area contributed by atoms with E-state index in [2.05, 4.69) is 224 Å². The number of para-hydroxylation sites is 4. The second-order valence-corrected chi connectivity index (χ2v) is 21.7. The number of nitriles is 1. The lowest BCUT2D eigenvalue weighted by Crippen LogP contribution is -2.61. The van der Waals surface area contributed by atoms with E-state index in [0.717, 1.165) is 67.4 Å². The van der Waals surface area contributed by atoms with Crippen molar-refractivity contribution in [3.63, 3.8) is 0 Å². The molecule has 70 heavy (non-hydrogen) atoms. The van der Waals surface area contributed by atoms with Crippen LogP contribution in [0.25, 0.3) is 76.9 Å². The maximum absolute atomic E-state index is 11.1. The molecule has 0 saturated carbocycles. The molecule has 0 unspecified atom stereocenters. The normalized spacial score (nSPS) is 13.8. The summed E-state index contributed by atoms with van der Waals surface area (Å²) in [4.78, 5) is 4.89. The van der Waals surface area contributed by atoms with Crippen LogP contribution in [0.2, 0.25) is 0 Å². The van der Waals surface area contributed by atoms with E-state index in [1.54, 1.807) is 0 Å². The van der Waals surface area contributed by atoms with Crippen LogP contribution in [0.15, 0.2) is 174 Å². The zero-order valence-electron chi connectivity index (χ0n) is 39.9. The summed E-state index contributed by atoms with van der Waals surface area (Å²) in [7, 11) is 0. The number of nitrogens with zero attached hydrogens (tertiary/aromatic N) is 5. The van der Waals surface area contributed by atoms with Gasteiger partial charge < -0.3 is 23.4 Å². The van der Waals surface area contributed by atoms with Gasteiger partial charge in [0.1, 0.15) is 11.2 Å². The van der Waals surface area contributed by atoms with Crippen LogP contribution >= 0.6 is 0 Å². The Bertz CT molecular complexity index is 4300. The van der Waals surface area contributed by atoms with Gasteiger partial charge in [-0.1, -0.05) is 120 Å². The first kappa shape index (κ1) is 39.5. The van der Waals surface area contributed by atoms with Gasteiger partial charge in [0.2, 0.25) is 0 Å². The highest BCUT2D eigenvalue weighted by atomic mass is 16.3. The van der Waals surface area contributed by atoms with Gasteiger partial charge in [-0.2, -0.15) is 5.26 Å². The summed E-state index contributed by atoms with van der Waals surface area (Å²) in [6.07, 6.45) is 0. The Hall–Kier alpha value is -8.47. The summed E-state index contributed by atoms with van der Waals surface area (Å²) < 4.78 is 11.4. The number of furan rings is 1. The Kier molecular flexibility index (Phi) is 7.57. The largest absolute Gasteiger partial charge is 0.456 e. The molecule has 0 radical (unpaired) electrons. The molecular weight excluding hydrogens is 854 g/mol. The van der Waals surface area contributed by atoms with Crippen molar-refractivity contribution in [3.05, 3.63) is 187 Å². The molecule has 7 heteroatoms. The Morgan fingerprint density at radius 1 is 0.443 bits per heavy atom. The van der Waals surface area contributed by atoms with Gasteiger partial charge in [0.05, 0.1) is 50.8 Å². The van der Waals surface area contributed by atoms with Crippen molar-refractivity contribution >= 4 is 123 Å². The molecule has 15 rings (SSSR count). The zero-order valence-corrected chi connectivity index (χ0v) is 39.9. The zero-order chi connectivity index (χ0) is 47.1. The van der Waals surface area contributed by atoms with E-state index in [9.17, 15) is 5.26 Å². The average molecular weight is 900 g/mol. The van der Waals surface area contributed by atoms with Gasteiger partial charge in [-0.15, -0.1) is 0 Å². The lowest BCUT2D eigenvalue weighted by Gasteiger charge is -2.46. The number of hydrogen-bond donors (Lipinski definition) is 0. The van der Waals surface area contributed by atoms with Crippen LogP contribution in [-0.2, 0) is 10.8 Å². The van der Waals surface area contributed by atoms with Crippen molar-refractivity contribution in [1.82, 2.24) is 9.13 Å². The minimum atomic E-state index is -0.132. The van der Waals surface area contributed by atoms with Gasteiger partial charge in [0.25, 0.3) is 6.71 Å². The molecule has 0 spiro atoms. The molecule has 12 aromatic rings. The van der Waals surface area contributed by atoms with Gasteiger partial charge in [-0.3, -0.25) is 0 Å². The third-order valence-electron chi connectivity index (χ3n) is 15.7. The summed E-state index contributed by atoms with van der Waals surface area (Å²) in [5.41, 5.74) is 21.8. The van der Waals surface area contributed by atoms with E-state index in [0.29, 0.717) is 5.56 Å². The Morgan fingerprint density at radius 3 is 1.81 bits per heavy atom. The van der Waals surface area contributed by atoms with Gasteiger partial charge in [-0.05, 0) is 129 Å². The molecule has 0 atom stereocenters. The summed E-state index contributed by atoms with van der Waals surface area (Å²) >= 11 is 0. The van der Waals surface area contributed by atoms with Crippen molar-refractivity contribution < 1.29 is 4.42 Å². The van der Waals surface area contributed by atoms with Crippen LogP contribution in [-0.4, -0.2) is 15.8 Å². The van der Waals surface area contributed by atoms with Crippen molar-refractivity contribution in [3.8, 4) is 17.4 Å². The van der Waals surface area contributed by atoms with Crippen molar-refractivity contribution in [2.45, 2.75) is 52.4 Å². The molecule has 0 amide bonds. The highest BCUT2D eigenvalue weighted by Gasteiger charge is 2.46. The van der Waals surface area contributed by atoms with Crippen molar-refractivity contribution in [2.24, 2.45) is 0 Å². The number of benzene rings is 9. The number of rotatable bonds is 2. The Morgan fingerprint density at radius 2 is 1.07 bits per heavy atom. The lowest BCUT2D eigenvalue weighted by molar-refractivity contribution is 0.590. The number of hydrogen-bond acceptors (Lipinski definition) is 4. The van der Waals surface area contributed by atoms with Crippen LogP contribution in [0, 0.1) is 11.3 Å². The van der Waals surface area contributed by atoms with E-state index in [4.69, 9.17) is 4.42 Å². The maximum Gasteiger partial charge on any atom is 0.252 e. The van der Waals surface area contributed by atoms with Crippen LogP contribution in [0.3, 0.4) is 0 Å². The van der Waals surface area contributed by atoms with E-state index >= 15 is 0 Å². The van der Waals surface area contributed by atoms with Crippen LogP contribution in [0.5, 0.6) is 0 Å².